The molecule has 0 saturated carbocycles. The molecular weight excluding hydrogens is 360 g/mol. The van der Waals surface area contributed by atoms with E-state index in [1.54, 1.807) is 6.07 Å². The topological polar surface area (TPSA) is 83.2 Å². The number of hydrogen-bond acceptors (Lipinski definition) is 6. The summed E-state index contributed by atoms with van der Waals surface area (Å²) in [6.45, 7) is 6.55. The summed E-state index contributed by atoms with van der Waals surface area (Å²) in [5, 5.41) is 30.5. The Morgan fingerprint density at radius 1 is 0.926 bits per heavy atom. The molecule has 138 valence electrons. The van der Waals surface area contributed by atoms with Crippen molar-refractivity contribution in [1.82, 2.24) is 14.9 Å². The van der Waals surface area contributed by atoms with Crippen molar-refractivity contribution in [3.63, 3.8) is 0 Å². The van der Waals surface area contributed by atoms with Gasteiger partial charge in [-0.2, -0.15) is 0 Å². The summed E-state index contributed by atoms with van der Waals surface area (Å²) in [6, 6.07) is 13.0. The molecule has 2 aromatic carbocycles. The molecule has 0 aliphatic carbocycles. The molecule has 0 amide bonds. The molecule has 0 spiro atoms. The van der Waals surface area contributed by atoms with Gasteiger partial charge in [-0.15, -0.1) is 10.2 Å². The van der Waals surface area contributed by atoms with Crippen LogP contribution in [-0.4, -0.2) is 25.1 Å². The quantitative estimate of drug-likeness (QED) is 0.575. The zero-order chi connectivity index (χ0) is 19.2. The Morgan fingerprint density at radius 2 is 1.63 bits per heavy atom. The average molecular weight is 380 g/mol. The highest BCUT2D eigenvalue weighted by Gasteiger charge is 2.21. The first-order valence-electron chi connectivity index (χ1n) is 8.55. The fraction of sp³-hybridized carbons (Fsp3) is 0.200. The van der Waals surface area contributed by atoms with E-state index in [2.05, 4.69) is 60.7 Å². The molecule has 3 N–H and O–H groups in total. The van der Waals surface area contributed by atoms with Crippen molar-refractivity contribution in [1.29, 1.82) is 0 Å². The van der Waals surface area contributed by atoms with Crippen LogP contribution in [0.3, 0.4) is 0 Å². The molecule has 0 fully saturated rings. The van der Waals surface area contributed by atoms with Crippen LogP contribution in [0.15, 0.2) is 53.0 Å². The van der Waals surface area contributed by atoms with Crippen molar-refractivity contribution >= 4 is 17.5 Å². The molecular formula is C20H20N4O2S. The van der Waals surface area contributed by atoms with Crippen LogP contribution in [0.1, 0.15) is 31.9 Å². The normalized spacial score (nSPS) is 13.7. The zero-order valence-electron chi connectivity index (χ0n) is 15.3. The Balaban J connectivity index is 1.66. The lowest BCUT2D eigenvalue weighted by molar-refractivity contribution is 0.403. The Labute approximate surface area is 161 Å². The first kappa shape index (κ1) is 17.5. The van der Waals surface area contributed by atoms with Gasteiger partial charge < -0.3 is 10.2 Å². The lowest BCUT2D eigenvalue weighted by Gasteiger charge is -2.20. The fourth-order valence-electron chi connectivity index (χ4n) is 2.84. The number of phenols is 2. The summed E-state index contributed by atoms with van der Waals surface area (Å²) in [7, 11) is 0. The minimum Gasteiger partial charge on any atom is -0.504 e. The van der Waals surface area contributed by atoms with Crippen molar-refractivity contribution in [2.75, 3.05) is 5.43 Å². The van der Waals surface area contributed by atoms with Gasteiger partial charge in [-0.25, -0.2) is 4.68 Å². The van der Waals surface area contributed by atoms with Crippen molar-refractivity contribution in [3.8, 4) is 22.9 Å². The van der Waals surface area contributed by atoms with Crippen molar-refractivity contribution < 1.29 is 10.2 Å². The van der Waals surface area contributed by atoms with Crippen LogP contribution in [-0.2, 0) is 5.41 Å². The van der Waals surface area contributed by atoms with Crippen LogP contribution >= 0.6 is 11.8 Å². The summed E-state index contributed by atoms with van der Waals surface area (Å²) in [5.41, 5.74) is 7.14. The maximum atomic E-state index is 9.77. The minimum absolute atomic E-state index is 0.0910. The SMILES string of the molecule is CC(C)(C)c1ccc(-c2nnc3n2NC(c2ccc(O)c(O)c2)=CS3)cc1. The smallest absolute Gasteiger partial charge is 0.214 e. The number of aromatic nitrogens is 3. The number of rotatable bonds is 2. The van der Waals surface area contributed by atoms with E-state index in [1.165, 1.54) is 29.5 Å². The highest BCUT2D eigenvalue weighted by Crippen LogP contribution is 2.34. The molecule has 1 aliphatic heterocycles. The van der Waals surface area contributed by atoms with Gasteiger partial charge in [0.25, 0.3) is 0 Å². The van der Waals surface area contributed by atoms with Crippen LogP contribution < -0.4 is 5.43 Å². The Morgan fingerprint density at radius 3 is 2.30 bits per heavy atom. The second-order valence-electron chi connectivity index (χ2n) is 7.43. The monoisotopic (exact) mass is 380 g/mol. The third-order valence-electron chi connectivity index (χ3n) is 4.44. The molecule has 0 bridgehead atoms. The maximum Gasteiger partial charge on any atom is 0.214 e. The third kappa shape index (κ3) is 3.26. The number of nitrogens with one attached hydrogen (secondary N) is 1. The maximum absolute atomic E-state index is 9.77. The molecule has 27 heavy (non-hydrogen) atoms. The second-order valence-corrected chi connectivity index (χ2v) is 8.27. The molecule has 0 atom stereocenters. The van der Waals surface area contributed by atoms with Gasteiger partial charge in [0.1, 0.15) is 0 Å². The Kier molecular flexibility index (Phi) is 4.11. The third-order valence-corrected chi connectivity index (χ3v) is 5.27. The predicted octanol–water partition coefficient (Wildman–Crippen LogP) is 4.30. The largest absolute Gasteiger partial charge is 0.504 e. The van der Waals surface area contributed by atoms with Crippen LogP contribution in [0, 0.1) is 0 Å². The van der Waals surface area contributed by atoms with E-state index in [0.717, 1.165) is 22.0 Å². The van der Waals surface area contributed by atoms with E-state index < -0.39 is 0 Å². The average Bonchev–Trinajstić information content (AvgIpc) is 3.06. The zero-order valence-corrected chi connectivity index (χ0v) is 16.1. The Hall–Kier alpha value is -2.93. The second kappa shape index (κ2) is 6.35. The lowest BCUT2D eigenvalue weighted by atomic mass is 9.87. The van der Waals surface area contributed by atoms with Gasteiger partial charge >= 0.3 is 0 Å². The van der Waals surface area contributed by atoms with Gasteiger partial charge in [-0.3, -0.25) is 5.43 Å². The van der Waals surface area contributed by atoms with Crippen LogP contribution in [0.2, 0.25) is 0 Å². The van der Waals surface area contributed by atoms with Crippen LogP contribution in [0.5, 0.6) is 11.5 Å². The van der Waals surface area contributed by atoms with Gasteiger partial charge in [0, 0.05) is 16.5 Å². The molecule has 3 aromatic rings. The number of phenolic OH excluding ortho intramolecular Hbond substituents is 2. The predicted molar refractivity (Wildman–Crippen MR) is 107 cm³/mol. The number of aromatic hydroxyl groups is 2. The van der Waals surface area contributed by atoms with E-state index in [4.69, 9.17) is 0 Å². The highest BCUT2D eigenvalue weighted by molar-refractivity contribution is 8.02. The molecule has 0 saturated heterocycles. The summed E-state index contributed by atoms with van der Waals surface area (Å²) in [6.07, 6.45) is 0. The molecule has 1 aromatic heterocycles. The number of fused-ring (bicyclic) bond motifs is 1. The van der Waals surface area contributed by atoms with E-state index >= 15 is 0 Å². The fourth-order valence-corrected chi connectivity index (χ4v) is 3.57. The molecule has 7 heteroatoms. The minimum atomic E-state index is -0.159. The standard InChI is InChI=1S/C20H20N4O2S/c1-20(2,3)14-7-4-12(5-8-14)18-21-22-19-24(18)23-15(11-27-19)13-6-9-16(25)17(26)10-13/h4-11,23,25-26H,1-3H3. The van der Waals surface area contributed by atoms with E-state index in [1.807, 2.05) is 10.1 Å². The summed E-state index contributed by atoms with van der Waals surface area (Å²) in [5.74, 6) is 0.409. The number of thioether (sulfide) groups is 1. The van der Waals surface area contributed by atoms with Crippen LogP contribution in [0.25, 0.3) is 17.1 Å². The first-order valence-corrected chi connectivity index (χ1v) is 9.43. The summed E-state index contributed by atoms with van der Waals surface area (Å²) < 4.78 is 1.83. The number of nitrogens with zero attached hydrogens (tertiary/aromatic N) is 3. The van der Waals surface area contributed by atoms with Crippen LogP contribution in [0.4, 0.5) is 0 Å². The van der Waals surface area contributed by atoms with Gasteiger partial charge in [0.05, 0.1) is 5.70 Å². The summed E-state index contributed by atoms with van der Waals surface area (Å²) >= 11 is 1.45. The van der Waals surface area contributed by atoms with Gasteiger partial charge in [0.15, 0.2) is 17.3 Å². The molecule has 0 radical (unpaired) electrons. The van der Waals surface area contributed by atoms with Crippen molar-refractivity contribution in [3.05, 3.63) is 59.0 Å². The summed E-state index contributed by atoms with van der Waals surface area (Å²) in [4.78, 5) is 0. The van der Waals surface area contributed by atoms with Crippen molar-refractivity contribution in [2.24, 2.45) is 0 Å². The first-order chi connectivity index (χ1) is 12.8. The van der Waals surface area contributed by atoms with Gasteiger partial charge in [-0.05, 0) is 29.2 Å². The lowest BCUT2D eigenvalue weighted by Crippen LogP contribution is -2.18. The highest BCUT2D eigenvalue weighted by atomic mass is 32.2. The molecule has 6 nitrogen and oxygen atoms in total. The molecule has 0 unspecified atom stereocenters. The number of hydrogen-bond donors (Lipinski definition) is 3. The molecule has 1 aliphatic rings. The molecule has 2 heterocycles. The van der Waals surface area contributed by atoms with Crippen molar-refractivity contribution in [2.45, 2.75) is 31.3 Å². The van der Waals surface area contributed by atoms with E-state index in [9.17, 15) is 10.2 Å². The Bertz CT molecular complexity index is 1030. The van der Waals surface area contributed by atoms with E-state index in [0.29, 0.717) is 5.82 Å². The molecule has 4 rings (SSSR count). The number of benzene rings is 2. The van der Waals surface area contributed by atoms with Gasteiger partial charge in [-0.1, -0.05) is 56.8 Å². The van der Waals surface area contributed by atoms with Gasteiger partial charge in [0.2, 0.25) is 5.16 Å². The van der Waals surface area contributed by atoms with E-state index in [-0.39, 0.29) is 16.9 Å².